The minimum Gasteiger partial charge on any atom is -0.295 e. The Labute approximate surface area is 108 Å². The van der Waals surface area contributed by atoms with E-state index in [1.807, 2.05) is 19.1 Å². The zero-order valence-electron chi connectivity index (χ0n) is 10.9. The fraction of sp³-hybridized carbons (Fsp3) is 0.643. The Bertz CT molecular complexity index is 389. The number of ketones is 1. The van der Waals surface area contributed by atoms with Gasteiger partial charge < -0.3 is 0 Å². The zero-order chi connectivity index (χ0) is 12.4. The SMILES string of the molecule is Cc1ccc(C(=O)CN2CC(C)CC(C)C2)s1. The van der Waals surface area contributed by atoms with E-state index in [0.29, 0.717) is 6.54 Å². The van der Waals surface area contributed by atoms with Gasteiger partial charge in [0.25, 0.3) is 0 Å². The maximum Gasteiger partial charge on any atom is 0.186 e. The summed E-state index contributed by atoms with van der Waals surface area (Å²) in [4.78, 5) is 16.6. The Kier molecular flexibility index (Phi) is 4.00. The molecule has 1 aromatic heterocycles. The van der Waals surface area contributed by atoms with Crippen LogP contribution in [0.25, 0.3) is 0 Å². The summed E-state index contributed by atoms with van der Waals surface area (Å²) in [6.45, 7) is 9.34. The van der Waals surface area contributed by atoms with Crippen LogP contribution in [0, 0.1) is 18.8 Å². The summed E-state index contributed by atoms with van der Waals surface area (Å²) in [5, 5.41) is 0. The van der Waals surface area contributed by atoms with Crippen molar-refractivity contribution >= 4 is 17.1 Å². The van der Waals surface area contributed by atoms with Gasteiger partial charge in [-0.05, 0) is 37.3 Å². The van der Waals surface area contributed by atoms with E-state index in [4.69, 9.17) is 0 Å². The molecule has 1 fully saturated rings. The first-order chi connectivity index (χ1) is 8.04. The maximum absolute atomic E-state index is 12.1. The van der Waals surface area contributed by atoms with Gasteiger partial charge in [-0.15, -0.1) is 11.3 Å². The van der Waals surface area contributed by atoms with Crippen molar-refractivity contribution in [1.82, 2.24) is 4.90 Å². The van der Waals surface area contributed by atoms with Crippen LogP contribution in [-0.2, 0) is 0 Å². The van der Waals surface area contributed by atoms with Gasteiger partial charge in [0, 0.05) is 18.0 Å². The number of nitrogens with zero attached hydrogens (tertiary/aromatic N) is 1. The van der Waals surface area contributed by atoms with Crippen LogP contribution >= 0.6 is 11.3 Å². The molecule has 1 saturated heterocycles. The van der Waals surface area contributed by atoms with Crippen molar-refractivity contribution in [2.24, 2.45) is 11.8 Å². The summed E-state index contributed by atoms with van der Waals surface area (Å²) in [6.07, 6.45) is 1.29. The predicted octanol–water partition coefficient (Wildman–Crippen LogP) is 3.22. The molecule has 2 unspecified atom stereocenters. The van der Waals surface area contributed by atoms with Crippen molar-refractivity contribution in [3.63, 3.8) is 0 Å². The molecule has 2 atom stereocenters. The summed E-state index contributed by atoms with van der Waals surface area (Å²) in [6, 6.07) is 3.98. The molecule has 94 valence electrons. The van der Waals surface area contributed by atoms with E-state index in [1.54, 1.807) is 11.3 Å². The number of rotatable bonds is 3. The van der Waals surface area contributed by atoms with Crippen LogP contribution in [0.3, 0.4) is 0 Å². The highest BCUT2D eigenvalue weighted by Gasteiger charge is 2.23. The summed E-state index contributed by atoms with van der Waals surface area (Å²) in [5.41, 5.74) is 0. The molecule has 1 aliphatic heterocycles. The second-order valence-electron chi connectivity index (χ2n) is 5.47. The molecule has 0 amide bonds. The van der Waals surface area contributed by atoms with Crippen molar-refractivity contribution < 1.29 is 4.79 Å². The lowest BCUT2D eigenvalue weighted by atomic mass is 9.92. The van der Waals surface area contributed by atoms with Crippen molar-refractivity contribution in [1.29, 1.82) is 0 Å². The summed E-state index contributed by atoms with van der Waals surface area (Å²) < 4.78 is 0. The molecule has 2 heterocycles. The van der Waals surface area contributed by atoms with Gasteiger partial charge in [0.2, 0.25) is 0 Å². The average Bonchev–Trinajstić information content (AvgIpc) is 2.63. The second kappa shape index (κ2) is 5.32. The molecule has 3 heteroatoms. The number of aryl methyl sites for hydroxylation is 1. The molecule has 2 rings (SSSR count). The molecule has 0 aliphatic carbocycles. The highest BCUT2D eigenvalue weighted by molar-refractivity contribution is 7.14. The molecule has 0 bridgehead atoms. The lowest BCUT2D eigenvalue weighted by Gasteiger charge is -2.34. The maximum atomic E-state index is 12.1. The molecule has 1 aliphatic rings. The minimum atomic E-state index is 0.282. The van der Waals surface area contributed by atoms with Gasteiger partial charge in [-0.2, -0.15) is 0 Å². The number of likely N-dealkylation sites (tertiary alicyclic amines) is 1. The molecule has 0 radical (unpaired) electrons. The fourth-order valence-electron chi connectivity index (χ4n) is 2.79. The normalized spacial score (nSPS) is 26.1. The quantitative estimate of drug-likeness (QED) is 0.769. The smallest absolute Gasteiger partial charge is 0.186 e. The number of hydrogen-bond acceptors (Lipinski definition) is 3. The summed E-state index contributed by atoms with van der Waals surface area (Å²) >= 11 is 1.61. The molecule has 0 aromatic carbocycles. The third-order valence-corrected chi connectivity index (χ3v) is 4.37. The zero-order valence-corrected chi connectivity index (χ0v) is 11.7. The van der Waals surface area contributed by atoms with E-state index in [2.05, 4.69) is 18.7 Å². The lowest BCUT2D eigenvalue weighted by Crippen LogP contribution is -2.41. The van der Waals surface area contributed by atoms with Crippen LogP contribution < -0.4 is 0 Å². The van der Waals surface area contributed by atoms with Crippen LogP contribution in [0.2, 0.25) is 0 Å². The number of thiophene rings is 1. The van der Waals surface area contributed by atoms with Gasteiger partial charge >= 0.3 is 0 Å². The lowest BCUT2D eigenvalue weighted by molar-refractivity contribution is 0.0853. The molecule has 2 nitrogen and oxygen atoms in total. The van der Waals surface area contributed by atoms with Crippen molar-refractivity contribution in [2.75, 3.05) is 19.6 Å². The number of piperidine rings is 1. The third-order valence-electron chi connectivity index (χ3n) is 3.33. The molecule has 1 aromatic rings. The molecular formula is C14H21NOS. The predicted molar refractivity (Wildman–Crippen MR) is 72.8 cm³/mol. The van der Waals surface area contributed by atoms with Crippen molar-refractivity contribution in [3.8, 4) is 0 Å². The van der Waals surface area contributed by atoms with E-state index < -0.39 is 0 Å². The van der Waals surface area contributed by atoms with E-state index in [1.165, 1.54) is 11.3 Å². The van der Waals surface area contributed by atoms with E-state index in [0.717, 1.165) is 29.8 Å². The van der Waals surface area contributed by atoms with Gasteiger partial charge in [-0.1, -0.05) is 13.8 Å². The standard InChI is InChI=1S/C14H21NOS/c1-10-6-11(2)8-15(7-10)9-13(16)14-5-4-12(3)17-14/h4-5,10-11H,6-9H2,1-3H3. The Morgan fingerprint density at radius 2 is 2.00 bits per heavy atom. The molecule has 17 heavy (non-hydrogen) atoms. The van der Waals surface area contributed by atoms with Crippen LogP contribution in [0.4, 0.5) is 0 Å². The monoisotopic (exact) mass is 251 g/mol. The largest absolute Gasteiger partial charge is 0.295 e. The van der Waals surface area contributed by atoms with Crippen molar-refractivity contribution in [3.05, 3.63) is 21.9 Å². The number of Topliss-reactive ketones (excluding diaryl/α,β-unsaturated/α-hetero) is 1. The third kappa shape index (κ3) is 3.39. The first-order valence-electron chi connectivity index (χ1n) is 6.36. The van der Waals surface area contributed by atoms with Gasteiger partial charge in [-0.3, -0.25) is 9.69 Å². The second-order valence-corrected chi connectivity index (χ2v) is 6.76. The first kappa shape index (κ1) is 12.8. The molecule has 0 spiro atoms. The highest BCUT2D eigenvalue weighted by Crippen LogP contribution is 2.22. The number of carbonyl (C=O) groups is 1. The molecular weight excluding hydrogens is 230 g/mol. The van der Waals surface area contributed by atoms with E-state index >= 15 is 0 Å². The highest BCUT2D eigenvalue weighted by atomic mass is 32.1. The fourth-order valence-corrected chi connectivity index (χ4v) is 3.58. The van der Waals surface area contributed by atoms with Gasteiger partial charge in [-0.25, -0.2) is 0 Å². The summed E-state index contributed by atoms with van der Waals surface area (Å²) in [7, 11) is 0. The Morgan fingerprint density at radius 1 is 1.35 bits per heavy atom. The minimum absolute atomic E-state index is 0.282. The van der Waals surface area contributed by atoms with Crippen LogP contribution in [0.5, 0.6) is 0 Å². The van der Waals surface area contributed by atoms with E-state index in [-0.39, 0.29) is 5.78 Å². The van der Waals surface area contributed by atoms with Gasteiger partial charge in [0.1, 0.15) is 0 Å². The van der Waals surface area contributed by atoms with Crippen LogP contribution in [0.15, 0.2) is 12.1 Å². The number of hydrogen-bond donors (Lipinski definition) is 0. The van der Waals surface area contributed by atoms with Crippen LogP contribution in [0.1, 0.15) is 34.8 Å². The van der Waals surface area contributed by atoms with Gasteiger partial charge in [0.05, 0.1) is 11.4 Å². The summed E-state index contributed by atoms with van der Waals surface area (Å²) in [5.74, 6) is 1.72. The van der Waals surface area contributed by atoms with E-state index in [9.17, 15) is 4.79 Å². The Hall–Kier alpha value is -0.670. The molecule has 0 saturated carbocycles. The van der Waals surface area contributed by atoms with Crippen LogP contribution in [-0.4, -0.2) is 30.3 Å². The topological polar surface area (TPSA) is 20.3 Å². The first-order valence-corrected chi connectivity index (χ1v) is 7.18. The van der Waals surface area contributed by atoms with Gasteiger partial charge in [0.15, 0.2) is 5.78 Å². The molecule has 0 N–H and O–H groups in total. The Morgan fingerprint density at radius 3 is 2.53 bits per heavy atom. The Balaban J connectivity index is 1.94. The average molecular weight is 251 g/mol. The number of carbonyl (C=O) groups excluding carboxylic acids is 1. The van der Waals surface area contributed by atoms with Crippen molar-refractivity contribution in [2.45, 2.75) is 27.2 Å².